The molecule has 0 bridgehead atoms. The Morgan fingerprint density at radius 3 is 2.44 bits per heavy atom. The molecule has 0 aromatic carbocycles. The highest BCUT2D eigenvalue weighted by Gasteiger charge is 2.22. The van der Waals surface area contributed by atoms with Gasteiger partial charge in [-0.05, 0) is 51.0 Å². The highest BCUT2D eigenvalue weighted by molar-refractivity contribution is 4.78. The smallest absolute Gasteiger partial charge is 0.0543 e. The average Bonchev–Trinajstić information content (AvgIpc) is 2.21. The van der Waals surface area contributed by atoms with Crippen LogP contribution in [0.15, 0.2) is 0 Å². The predicted molar refractivity (Wildman–Crippen MR) is 67.4 cm³/mol. The van der Waals surface area contributed by atoms with Crippen molar-refractivity contribution in [2.45, 2.75) is 70.4 Å². The number of rotatable bonds is 5. The molecule has 0 saturated heterocycles. The summed E-state index contributed by atoms with van der Waals surface area (Å²) in [4.78, 5) is 0. The first kappa shape index (κ1) is 12.4. The van der Waals surface area contributed by atoms with Crippen molar-refractivity contribution < 1.29 is 5.11 Å². The zero-order valence-corrected chi connectivity index (χ0v) is 10.6. The van der Waals surface area contributed by atoms with E-state index in [0.29, 0.717) is 12.0 Å². The van der Waals surface area contributed by atoms with Crippen molar-refractivity contribution in [2.75, 3.05) is 6.54 Å². The number of nitrogens with one attached hydrogen (secondary N) is 1. The Kier molecular flexibility index (Phi) is 4.66. The molecule has 2 N–H and O–H groups in total. The third-order valence-corrected chi connectivity index (χ3v) is 4.42. The van der Waals surface area contributed by atoms with E-state index in [1.165, 1.54) is 38.5 Å². The third-order valence-electron chi connectivity index (χ3n) is 4.42. The maximum absolute atomic E-state index is 9.61. The number of aliphatic hydroxyl groups is 1. The Balaban J connectivity index is 1.58. The fourth-order valence-electron chi connectivity index (χ4n) is 3.13. The van der Waals surface area contributed by atoms with E-state index in [0.717, 1.165) is 25.3 Å². The van der Waals surface area contributed by atoms with E-state index in [9.17, 15) is 5.11 Å². The Hall–Kier alpha value is -0.0800. The van der Waals surface area contributed by atoms with Crippen molar-refractivity contribution >= 4 is 0 Å². The Morgan fingerprint density at radius 2 is 1.81 bits per heavy atom. The van der Waals surface area contributed by atoms with Crippen molar-refractivity contribution in [1.82, 2.24) is 5.32 Å². The molecule has 3 unspecified atom stereocenters. The summed E-state index contributed by atoms with van der Waals surface area (Å²) < 4.78 is 0. The summed E-state index contributed by atoms with van der Waals surface area (Å²) in [6, 6.07) is 0.671. The zero-order valence-electron chi connectivity index (χ0n) is 10.6. The van der Waals surface area contributed by atoms with Crippen LogP contribution in [-0.4, -0.2) is 23.8 Å². The van der Waals surface area contributed by atoms with Crippen molar-refractivity contribution in [3.05, 3.63) is 0 Å². The van der Waals surface area contributed by atoms with Gasteiger partial charge in [0.25, 0.3) is 0 Å². The number of hydrogen-bond donors (Lipinski definition) is 2. The predicted octanol–water partition coefficient (Wildman–Crippen LogP) is 2.71. The van der Waals surface area contributed by atoms with E-state index in [1.807, 2.05) is 0 Å². The van der Waals surface area contributed by atoms with Gasteiger partial charge in [-0.2, -0.15) is 0 Å². The lowest BCUT2D eigenvalue weighted by Gasteiger charge is -2.31. The average molecular weight is 225 g/mol. The Bertz CT molecular complexity index is 203. The van der Waals surface area contributed by atoms with E-state index in [-0.39, 0.29) is 6.10 Å². The normalized spacial score (nSPS) is 33.4. The van der Waals surface area contributed by atoms with Crippen LogP contribution in [0.1, 0.15) is 58.3 Å². The molecule has 0 amide bonds. The van der Waals surface area contributed by atoms with Crippen LogP contribution in [0.2, 0.25) is 0 Å². The second kappa shape index (κ2) is 6.02. The van der Waals surface area contributed by atoms with Crippen LogP contribution in [0.5, 0.6) is 0 Å². The highest BCUT2D eigenvalue weighted by Crippen LogP contribution is 2.30. The van der Waals surface area contributed by atoms with Gasteiger partial charge in [0.2, 0.25) is 0 Å². The van der Waals surface area contributed by atoms with E-state index >= 15 is 0 Å². The lowest BCUT2D eigenvalue weighted by atomic mass is 9.81. The number of aliphatic hydroxyl groups excluding tert-OH is 1. The lowest BCUT2D eigenvalue weighted by molar-refractivity contribution is 0.0991. The SMILES string of the molecule is CC(CC1CCC1)NCC1CCCC(O)C1. The molecule has 3 atom stereocenters. The van der Waals surface area contributed by atoms with Crippen molar-refractivity contribution in [3.63, 3.8) is 0 Å². The van der Waals surface area contributed by atoms with Gasteiger partial charge in [-0.3, -0.25) is 0 Å². The van der Waals surface area contributed by atoms with E-state index in [4.69, 9.17) is 0 Å². The molecule has 0 aliphatic heterocycles. The molecule has 2 fully saturated rings. The molecule has 2 nitrogen and oxygen atoms in total. The molecule has 0 spiro atoms. The van der Waals surface area contributed by atoms with E-state index in [2.05, 4.69) is 12.2 Å². The summed E-state index contributed by atoms with van der Waals surface area (Å²) in [7, 11) is 0. The maximum Gasteiger partial charge on any atom is 0.0543 e. The summed E-state index contributed by atoms with van der Waals surface area (Å²) in [5.41, 5.74) is 0. The maximum atomic E-state index is 9.61. The van der Waals surface area contributed by atoms with Crippen LogP contribution < -0.4 is 5.32 Å². The van der Waals surface area contributed by atoms with Crippen molar-refractivity contribution in [1.29, 1.82) is 0 Å². The second-order valence-corrected chi connectivity index (χ2v) is 6.03. The standard InChI is InChI=1S/C14H27NO/c1-11(8-12-4-2-5-12)15-10-13-6-3-7-14(16)9-13/h11-16H,2-10H2,1H3. The molecule has 2 saturated carbocycles. The Labute approximate surface area is 99.8 Å². The minimum Gasteiger partial charge on any atom is -0.393 e. The van der Waals surface area contributed by atoms with Crippen LogP contribution in [0.4, 0.5) is 0 Å². The van der Waals surface area contributed by atoms with Crippen LogP contribution in [0.3, 0.4) is 0 Å². The van der Waals surface area contributed by atoms with Gasteiger partial charge in [0.05, 0.1) is 6.10 Å². The van der Waals surface area contributed by atoms with Gasteiger partial charge in [-0.25, -0.2) is 0 Å². The summed E-state index contributed by atoms with van der Waals surface area (Å²) >= 11 is 0. The van der Waals surface area contributed by atoms with Gasteiger partial charge in [0.1, 0.15) is 0 Å². The highest BCUT2D eigenvalue weighted by atomic mass is 16.3. The van der Waals surface area contributed by atoms with Crippen LogP contribution in [0.25, 0.3) is 0 Å². The minimum atomic E-state index is -0.0255. The monoisotopic (exact) mass is 225 g/mol. The van der Waals surface area contributed by atoms with Crippen LogP contribution in [-0.2, 0) is 0 Å². The Morgan fingerprint density at radius 1 is 1.12 bits per heavy atom. The summed E-state index contributed by atoms with van der Waals surface area (Å²) in [5.74, 6) is 1.71. The molecule has 2 aliphatic rings. The van der Waals surface area contributed by atoms with Gasteiger partial charge in [-0.1, -0.05) is 25.7 Å². The molecule has 2 aliphatic carbocycles. The summed E-state index contributed by atoms with van der Waals surface area (Å²) in [6.07, 6.45) is 10.2. The fourth-order valence-corrected chi connectivity index (χ4v) is 3.13. The molecular weight excluding hydrogens is 198 g/mol. The first-order valence-electron chi connectivity index (χ1n) is 7.15. The molecule has 0 radical (unpaired) electrons. The summed E-state index contributed by atoms with van der Waals surface area (Å²) in [6.45, 7) is 3.43. The van der Waals surface area contributed by atoms with Gasteiger partial charge in [0, 0.05) is 6.04 Å². The minimum absolute atomic E-state index is 0.0255. The number of hydrogen-bond acceptors (Lipinski definition) is 2. The fraction of sp³-hybridized carbons (Fsp3) is 1.00. The van der Waals surface area contributed by atoms with E-state index < -0.39 is 0 Å². The van der Waals surface area contributed by atoms with Gasteiger partial charge in [-0.15, -0.1) is 0 Å². The molecule has 0 aromatic heterocycles. The zero-order chi connectivity index (χ0) is 11.4. The lowest BCUT2D eigenvalue weighted by Crippen LogP contribution is -2.36. The van der Waals surface area contributed by atoms with Gasteiger partial charge < -0.3 is 10.4 Å². The molecule has 16 heavy (non-hydrogen) atoms. The quantitative estimate of drug-likeness (QED) is 0.754. The molecule has 0 heterocycles. The topological polar surface area (TPSA) is 32.3 Å². The first-order chi connectivity index (χ1) is 7.74. The van der Waals surface area contributed by atoms with E-state index in [1.54, 1.807) is 0 Å². The van der Waals surface area contributed by atoms with Crippen LogP contribution >= 0.6 is 0 Å². The molecule has 94 valence electrons. The molecule has 0 aromatic rings. The molecule has 2 heteroatoms. The van der Waals surface area contributed by atoms with Gasteiger partial charge in [0.15, 0.2) is 0 Å². The van der Waals surface area contributed by atoms with Gasteiger partial charge >= 0.3 is 0 Å². The molecule has 2 rings (SSSR count). The van der Waals surface area contributed by atoms with Crippen molar-refractivity contribution in [2.24, 2.45) is 11.8 Å². The first-order valence-corrected chi connectivity index (χ1v) is 7.15. The third kappa shape index (κ3) is 3.74. The molecular formula is C14H27NO. The largest absolute Gasteiger partial charge is 0.393 e. The van der Waals surface area contributed by atoms with Crippen LogP contribution in [0, 0.1) is 11.8 Å². The second-order valence-electron chi connectivity index (χ2n) is 6.03. The van der Waals surface area contributed by atoms with Crippen molar-refractivity contribution in [3.8, 4) is 0 Å². The summed E-state index contributed by atoms with van der Waals surface area (Å²) in [5, 5.41) is 13.3.